The summed E-state index contributed by atoms with van der Waals surface area (Å²) in [6.45, 7) is 10.5. The zero-order chi connectivity index (χ0) is 22.0. The summed E-state index contributed by atoms with van der Waals surface area (Å²) in [5.41, 5.74) is 4.43. The van der Waals surface area contributed by atoms with E-state index in [0.717, 1.165) is 67.4 Å². The summed E-state index contributed by atoms with van der Waals surface area (Å²) in [6, 6.07) is 13.4. The van der Waals surface area contributed by atoms with Crippen LogP contribution in [-0.2, 0) is 17.9 Å². The van der Waals surface area contributed by atoms with Gasteiger partial charge in [0.25, 0.3) is 5.91 Å². The number of piperazine rings is 1. The van der Waals surface area contributed by atoms with E-state index < -0.39 is 0 Å². The molecule has 1 fully saturated rings. The molecule has 2 aromatic carbocycles. The fourth-order valence-electron chi connectivity index (χ4n) is 4.06. The van der Waals surface area contributed by atoms with Crippen LogP contribution in [0.15, 0.2) is 42.5 Å². The number of rotatable bonds is 5. The molecule has 1 saturated heterocycles. The van der Waals surface area contributed by atoms with Gasteiger partial charge in [-0.1, -0.05) is 17.7 Å². The molecule has 0 bridgehead atoms. The smallest absolute Gasteiger partial charge is 0.255 e. The fourth-order valence-corrected chi connectivity index (χ4v) is 4.06. The zero-order valence-electron chi connectivity index (χ0n) is 18.4. The lowest BCUT2D eigenvalue weighted by atomic mass is 10.1. The molecule has 1 aliphatic rings. The van der Waals surface area contributed by atoms with Crippen molar-refractivity contribution in [2.24, 2.45) is 0 Å². The van der Waals surface area contributed by atoms with Gasteiger partial charge in [-0.3, -0.25) is 14.5 Å². The second kappa shape index (κ2) is 8.89. The van der Waals surface area contributed by atoms with Crippen molar-refractivity contribution >= 4 is 28.5 Å². The topological polar surface area (TPSA) is 70.5 Å². The Hall–Kier alpha value is -3.19. The Morgan fingerprint density at radius 2 is 1.74 bits per heavy atom. The molecule has 7 nitrogen and oxygen atoms in total. The summed E-state index contributed by atoms with van der Waals surface area (Å²) in [7, 11) is 0. The molecule has 4 rings (SSSR count). The number of aryl methyl sites for hydroxylation is 2. The lowest BCUT2D eigenvalue weighted by Gasteiger charge is -2.33. The van der Waals surface area contributed by atoms with Crippen molar-refractivity contribution in [2.45, 2.75) is 33.9 Å². The van der Waals surface area contributed by atoms with Crippen molar-refractivity contribution < 1.29 is 9.59 Å². The van der Waals surface area contributed by atoms with E-state index in [2.05, 4.69) is 21.7 Å². The minimum atomic E-state index is -0.127. The van der Waals surface area contributed by atoms with Crippen molar-refractivity contribution in [1.29, 1.82) is 0 Å². The van der Waals surface area contributed by atoms with E-state index in [1.165, 1.54) is 0 Å². The van der Waals surface area contributed by atoms with E-state index in [1.807, 2.05) is 54.3 Å². The van der Waals surface area contributed by atoms with Crippen LogP contribution in [0, 0.1) is 6.92 Å². The molecule has 0 aliphatic carbocycles. The molecule has 162 valence electrons. The highest BCUT2D eigenvalue weighted by atomic mass is 16.2. The van der Waals surface area contributed by atoms with Gasteiger partial charge in [0.05, 0.1) is 17.6 Å². The standard InChI is InChI=1S/C24H29N5O2/c1-4-29-22-10-9-20(25-24(31)19-7-5-17(2)6-8-19)15-21(22)26-23(29)16-27-11-13-28(14-12-27)18(3)30/h5-10,15H,4,11-14,16H2,1-3H3,(H,25,31). The van der Waals surface area contributed by atoms with Gasteiger partial charge in [0.1, 0.15) is 5.82 Å². The van der Waals surface area contributed by atoms with Gasteiger partial charge in [-0.05, 0) is 44.2 Å². The van der Waals surface area contributed by atoms with E-state index in [4.69, 9.17) is 4.98 Å². The van der Waals surface area contributed by atoms with Crippen LogP contribution in [0.1, 0.15) is 35.6 Å². The summed E-state index contributed by atoms with van der Waals surface area (Å²) < 4.78 is 2.22. The molecule has 1 N–H and O–H groups in total. The Morgan fingerprint density at radius 1 is 1.03 bits per heavy atom. The van der Waals surface area contributed by atoms with Crippen molar-refractivity contribution in [3.05, 3.63) is 59.4 Å². The number of imidazole rings is 1. The van der Waals surface area contributed by atoms with Crippen LogP contribution in [0.25, 0.3) is 11.0 Å². The van der Waals surface area contributed by atoms with Gasteiger partial charge in [-0.2, -0.15) is 0 Å². The van der Waals surface area contributed by atoms with Crippen LogP contribution in [0.2, 0.25) is 0 Å². The highest BCUT2D eigenvalue weighted by Gasteiger charge is 2.21. The SMILES string of the molecule is CCn1c(CN2CCN(C(C)=O)CC2)nc2cc(NC(=O)c3ccc(C)cc3)ccc21. The van der Waals surface area contributed by atoms with Crippen LogP contribution in [0.3, 0.4) is 0 Å². The summed E-state index contributed by atoms with van der Waals surface area (Å²) in [4.78, 5) is 33.2. The Labute approximate surface area is 182 Å². The molecule has 1 aromatic heterocycles. The molecule has 0 atom stereocenters. The second-order valence-electron chi connectivity index (χ2n) is 8.08. The van der Waals surface area contributed by atoms with Crippen LogP contribution >= 0.6 is 0 Å². The van der Waals surface area contributed by atoms with Gasteiger partial charge < -0.3 is 14.8 Å². The van der Waals surface area contributed by atoms with Gasteiger partial charge in [0, 0.05) is 50.9 Å². The van der Waals surface area contributed by atoms with E-state index in [1.54, 1.807) is 6.92 Å². The first kappa shape index (κ1) is 21.1. The van der Waals surface area contributed by atoms with Gasteiger partial charge in [-0.25, -0.2) is 4.98 Å². The average Bonchev–Trinajstić information content (AvgIpc) is 3.10. The third-order valence-electron chi connectivity index (χ3n) is 5.90. The number of fused-ring (bicyclic) bond motifs is 1. The Bertz CT molecular complexity index is 1100. The number of carbonyl (C=O) groups is 2. The molecular formula is C24H29N5O2. The molecule has 3 aromatic rings. The maximum Gasteiger partial charge on any atom is 0.255 e. The van der Waals surface area contributed by atoms with Gasteiger partial charge >= 0.3 is 0 Å². The number of aromatic nitrogens is 2. The van der Waals surface area contributed by atoms with Crippen molar-refractivity contribution in [3.8, 4) is 0 Å². The molecule has 0 radical (unpaired) electrons. The Balaban J connectivity index is 1.50. The molecule has 1 aliphatic heterocycles. The molecule has 31 heavy (non-hydrogen) atoms. The normalized spacial score (nSPS) is 14.7. The third-order valence-corrected chi connectivity index (χ3v) is 5.90. The maximum atomic E-state index is 12.6. The van der Waals surface area contributed by atoms with E-state index >= 15 is 0 Å². The zero-order valence-corrected chi connectivity index (χ0v) is 18.4. The quantitative estimate of drug-likeness (QED) is 0.689. The molecule has 2 heterocycles. The first-order valence-corrected chi connectivity index (χ1v) is 10.8. The average molecular weight is 420 g/mol. The highest BCUT2D eigenvalue weighted by Crippen LogP contribution is 2.22. The molecule has 7 heteroatoms. The largest absolute Gasteiger partial charge is 0.340 e. The number of hydrogen-bond donors (Lipinski definition) is 1. The van der Waals surface area contributed by atoms with Crippen molar-refractivity contribution in [3.63, 3.8) is 0 Å². The Kier molecular flexibility index (Phi) is 6.04. The number of anilines is 1. The van der Waals surface area contributed by atoms with E-state index in [0.29, 0.717) is 5.56 Å². The van der Waals surface area contributed by atoms with Gasteiger partial charge in [0.2, 0.25) is 5.91 Å². The summed E-state index contributed by atoms with van der Waals surface area (Å²) in [5.74, 6) is 1.02. The van der Waals surface area contributed by atoms with E-state index in [9.17, 15) is 9.59 Å². The molecule has 0 saturated carbocycles. The lowest BCUT2D eigenvalue weighted by Crippen LogP contribution is -2.47. The van der Waals surface area contributed by atoms with Crippen LogP contribution in [-0.4, -0.2) is 57.3 Å². The predicted octanol–water partition coefficient (Wildman–Crippen LogP) is 3.28. The van der Waals surface area contributed by atoms with Crippen molar-refractivity contribution in [1.82, 2.24) is 19.4 Å². The number of amides is 2. The summed E-state index contributed by atoms with van der Waals surface area (Å²) in [6.07, 6.45) is 0. The molecule has 0 unspecified atom stereocenters. The molecular weight excluding hydrogens is 390 g/mol. The van der Waals surface area contributed by atoms with Crippen LogP contribution in [0.5, 0.6) is 0 Å². The third kappa shape index (κ3) is 4.61. The van der Waals surface area contributed by atoms with Crippen LogP contribution < -0.4 is 5.32 Å². The summed E-state index contributed by atoms with van der Waals surface area (Å²) >= 11 is 0. The lowest BCUT2D eigenvalue weighted by molar-refractivity contribution is -0.130. The van der Waals surface area contributed by atoms with Gasteiger partial charge in [0.15, 0.2) is 0 Å². The monoisotopic (exact) mass is 419 g/mol. The molecule has 2 amide bonds. The molecule has 0 spiro atoms. The van der Waals surface area contributed by atoms with E-state index in [-0.39, 0.29) is 11.8 Å². The maximum absolute atomic E-state index is 12.6. The fraction of sp³-hybridized carbons (Fsp3) is 0.375. The minimum absolute atomic E-state index is 0.127. The number of nitrogens with one attached hydrogen (secondary N) is 1. The minimum Gasteiger partial charge on any atom is -0.340 e. The van der Waals surface area contributed by atoms with Gasteiger partial charge in [-0.15, -0.1) is 0 Å². The highest BCUT2D eigenvalue weighted by molar-refractivity contribution is 6.05. The number of carbonyl (C=O) groups excluding carboxylic acids is 2. The predicted molar refractivity (Wildman–Crippen MR) is 122 cm³/mol. The van der Waals surface area contributed by atoms with Crippen molar-refractivity contribution in [2.75, 3.05) is 31.5 Å². The first-order chi connectivity index (χ1) is 14.9. The number of hydrogen-bond acceptors (Lipinski definition) is 4. The number of benzene rings is 2. The van der Waals surface area contributed by atoms with Crippen LogP contribution in [0.4, 0.5) is 5.69 Å². The second-order valence-corrected chi connectivity index (χ2v) is 8.08. The Morgan fingerprint density at radius 3 is 2.39 bits per heavy atom. The summed E-state index contributed by atoms with van der Waals surface area (Å²) in [5, 5.41) is 2.98. The number of nitrogens with zero attached hydrogens (tertiary/aromatic N) is 4. The first-order valence-electron chi connectivity index (χ1n) is 10.8.